The molecule has 1 saturated carbocycles. The Morgan fingerprint density at radius 1 is 1.20 bits per heavy atom. The molecular weight excluding hydrogens is 448 g/mol. The van der Waals surface area contributed by atoms with E-state index in [1.165, 1.54) is 5.56 Å². The second kappa shape index (κ2) is 12.2. The lowest BCUT2D eigenvalue weighted by Gasteiger charge is -2.33. The smallest absolute Gasteiger partial charge is 0.341 e. The van der Waals surface area contributed by atoms with Crippen LogP contribution in [-0.4, -0.2) is 54.2 Å². The van der Waals surface area contributed by atoms with Crippen LogP contribution in [0, 0.1) is 23.7 Å². The number of carboxylic acids is 1. The van der Waals surface area contributed by atoms with Crippen molar-refractivity contribution in [3.63, 3.8) is 0 Å². The Balaban J connectivity index is 1.47. The molecule has 3 aliphatic rings. The fourth-order valence-corrected chi connectivity index (χ4v) is 6.31. The molecule has 2 N–H and O–H groups in total. The highest BCUT2D eigenvalue weighted by molar-refractivity contribution is 5.73. The number of benzene rings is 1. The second-order valence-corrected chi connectivity index (χ2v) is 10.6. The summed E-state index contributed by atoms with van der Waals surface area (Å²) >= 11 is 0. The number of fused-ring (bicyclic) bond motifs is 2. The number of aliphatic hydroxyl groups excluding tert-OH is 1. The van der Waals surface area contributed by atoms with Gasteiger partial charge in [0.2, 0.25) is 0 Å². The molecule has 2 aliphatic carbocycles. The van der Waals surface area contributed by atoms with Crippen molar-refractivity contribution in [2.75, 3.05) is 19.8 Å². The molecule has 4 rings (SSSR count). The molecule has 194 valence electrons. The van der Waals surface area contributed by atoms with Gasteiger partial charge >= 0.3 is 11.9 Å². The molecule has 1 aromatic carbocycles. The number of hydrogen-bond donors (Lipinski definition) is 2. The molecule has 0 aromatic heterocycles. The third-order valence-corrected chi connectivity index (χ3v) is 8.18. The second-order valence-electron chi connectivity index (χ2n) is 10.6. The minimum atomic E-state index is -0.988. The van der Waals surface area contributed by atoms with E-state index in [4.69, 9.17) is 19.3 Å². The van der Waals surface area contributed by atoms with Crippen LogP contribution in [-0.2, 0) is 31.9 Å². The maximum absolute atomic E-state index is 12.9. The van der Waals surface area contributed by atoms with Crippen molar-refractivity contribution < 1.29 is 34.0 Å². The standard InChI is InChI=1S/C28H40O7/c1-2-3-4-7-21(29)9-10-22-23-13-18-6-5-8-25(34-17-27(30)31)24(18)14-20(23)15-26(22)35-28(32)19-11-12-33-16-19/h5-6,8,19-23,26,29H,2-4,7,9-17H2,1H3,(H,30,31)/t19?,20-,21-,22+,23-,26+/m0/s1. The summed E-state index contributed by atoms with van der Waals surface area (Å²) in [4.78, 5) is 23.9. The van der Waals surface area contributed by atoms with Gasteiger partial charge in [0.1, 0.15) is 11.9 Å². The minimum Gasteiger partial charge on any atom is -0.482 e. The van der Waals surface area contributed by atoms with Gasteiger partial charge < -0.3 is 24.4 Å². The fraction of sp³-hybridized carbons (Fsp3) is 0.714. The first-order valence-corrected chi connectivity index (χ1v) is 13.4. The summed E-state index contributed by atoms with van der Waals surface area (Å²) in [7, 11) is 0. The van der Waals surface area contributed by atoms with E-state index < -0.39 is 5.97 Å². The number of esters is 1. The molecule has 0 radical (unpaired) electrons. The van der Waals surface area contributed by atoms with Gasteiger partial charge in [-0.25, -0.2) is 4.79 Å². The van der Waals surface area contributed by atoms with Crippen LogP contribution in [0.15, 0.2) is 18.2 Å². The summed E-state index contributed by atoms with van der Waals surface area (Å²) < 4.78 is 17.1. The molecule has 0 spiro atoms. The number of aliphatic carboxylic acids is 1. The van der Waals surface area contributed by atoms with Gasteiger partial charge in [-0.05, 0) is 79.9 Å². The summed E-state index contributed by atoms with van der Waals surface area (Å²) in [5.74, 6) is 0.264. The highest BCUT2D eigenvalue weighted by atomic mass is 16.6. The Morgan fingerprint density at radius 3 is 2.80 bits per heavy atom. The van der Waals surface area contributed by atoms with Crippen molar-refractivity contribution in [1.29, 1.82) is 0 Å². The predicted molar refractivity (Wildman–Crippen MR) is 130 cm³/mol. The van der Waals surface area contributed by atoms with Gasteiger partial charge in [0.25, 0.3) is 0 Å². The van der Waals surface area contributed by atoms with E-state index in [0.29, 0.717) is 30.8 Å². The first-order valence-electron chi connectivity index (χ1n) is 13.4. The van der Waals surface area contributed by atoms with E-state index in [2.05, 4.69) is 13.0 Å². The molecule has 1 unspecified atom stereocenters. The molecular formula is C28H40O7. The number of carbonyl (C=O) groups is 2. The van der Waals surface area contributed by atoms with E-state index in [1.807, 2.05) is 12.1 Å². The van der Waals surface area contributed by atoms with Crippen LogP contribution < -0.4 is 4.74 Å². The van der Waals surface area contributed by atoms with Crippen LogP contribution >= 0.6 is 0 Å². The first-order chi connectivity index (χ1) is 17.0. The van der Waals surface area contributed by atoms with E-state index >= 15 is 0 Å². The van der Waals surface area contributed by atoms with Crippen LogP contribution in [0.1, 0.15) is 69.4 Å². The van der Waals surface area contributed by atoms with Gasteiger partial charge in [0, 0.05) is 6.61 Å². The number of aliphatic hydroxyl groups is 1. The summed E-state index contributed by atoms with van der Waals surface area (Å²) in [6.07, 6.45) is 8.43. The largest absolute Gasteiger partial charge is 0.482 e. The Morgan fingerprint density at radius 2 is 2.06 bits per heavy atom. The topological polar surface area (TPSA) is 102 Å². The van der Waals surface area contributed by atoms with Crippen molar-refractivity contribution in [2.45, 2.75) is 83.3 Å². The van der Waals surface area contributed by atoms with Gasteiger partial charge in [-0.2, -0.15) is 0 Å². The number of carboxylic acid groups (broad SMARTS) is 1. The number of carbonyl (C=O) groups excluding carboxylic acids is 1. The average Bonchev–Trinajstić information content (AvgIpc) is 3.48. The third-order valence-electron chi connectivity index (χ3n) is 8.18. The molecule has 0 bridgehead atoms. The van der Waals surface area contributed by atoms with E-state index in [0.717, 1.165) is 69.8 Å². The van der Waals surface area contributed by atoms with Crippen LogP contribution in [0.2, 0.25) is 0 Å². The highest BCUT2D eigenvalue weighted by Gasteiger charge is 2.47. The zero-order chi connectivity index (χ0) is 24.8. The van der Waals surface area contributed by atoms with Gasteiger partial charge in [0.05, 0.1) is 18.6 Å². The monoisotopic (exact) mass is 488 g/mol. The number of rotatable bonds is 12. The molecule has 6 atom stereocenters. The van der Waals surface area contributed by atoms with E-state index in [1.54, 1.807) is 0 Å². The van der Waals surface area contributed by atoms with Crippen molar-refractivity contribution in [1.82, 2.24) is 0 Å². The number of unbranched alkanes of at least 4 members (excludes halogenated alkanes) is 2. The zero-order valence-electron chi connectivity index (χ0n) is 20.8. The summed E-state index contributed by atoms with van der Waals surface area (Å²) in [6, 6.07) is 5.87. The fourth-order valence-electron chi connectivity index (χ4n) is 6.31. The van der Waals surface area contributed by atoms with Gasteiger partial charge in [-0.3, -0.25) is 4.79 Å². The Labute approximate surface area is 208 Å². The number of hydrogen-bond acceptors (Lipinski definition) is 6. The Bertz CT molecular complexity index is 863. The quantitative estimate of drug-likeness (QED) is 0.336. The lowest BCUT2D eigenvalue weighted by Crippen LogP contribution is -2.31. The molecule has 1 aromatic rings. The summed E-state index contributed by atoms with van der Waals surface area (Å²) in [5, 5.41) is 19.6. The average molecular weight is 489 g/mol. The molecule has 7 heteroatoms. The Hall–Kier alpha value is -2.12. The predicted octanol–water partition coefficient (Wildman–Crippen LogP) is 4.17. The van der Waals surface area contributed by atoms with Crippen LogP contribution in [0.5, 0.6) is 5.75 Å². The zero-order valence-corrected chi connectivity index (χ0v) is 20.8. The minimum absolute atomic E-state index is 0.150. The SMILES string of the molecule is CCCCC[C@H](O)CC[C@@H]1[C@H]2Cc3cccc(OCC(=O)O)c3C[C@H]2C[C@H]1OC(=O)C1CCOC1. The van der Waals surface area contributed by atoms with Crippen molar-refractivity contribution in [3.05, 3.63) is 29.3 Å². The van der Waals surface area contributed by atoms with Gasteiger partial charge in [-0.15, -0.1) is 0 Å². The van der Waals surface area contributed by atoms with Crippen molar-refractivity contribution in [3.8, 4) is 5.75 Å². The van der Waals surface area contributed by atoms with Crippen LogP contribution in [0.25, 0.3) is 0 Å². The highest BCUT2D eigenvalue weighted by Crippen LogP contribution is 2.49. The molecule has 35 heavy (non-hydrogen) atoms. The summed E-state index contributed by atoms with van der Waals surface area (Å²) in [6.45, 7) is 2.86. The molecule has 1 heterocycles. The molecule has 0 amide bonds. The van der Waals surface area contributed by atoms with Gasteiger partial charge in [-0.1, -0.05) is 38.3 Å². The third kappa shape index (κ3) is 6.56. The normalized spacial score (nSPS) is 28.2. The Kier molecular flexibility index (Phi) is 9.06. The molecule has 2 fully saturated rings. The van der Waals surface area contributed by atoms with Crippen LogP contribution in [0.4, 0.5) is 0 Å². The first kappa shape index (κ1) is 26.0. The van der Waals surface area contributed by atoms with E-state index in [-0.39, 0.29) is 36.6 Å². The lowest BCUT2D eigenvalue weighted by atomic mass is 9.73. The van der Waals surface area contributed by atoms with Crippen molar-refractivity contribution >= 4 is 11.9 Å². The summed E-state index contributed by atoms with van der Waals surface area (Å²) in [5.41, 5.74) is 2.28. The maximum atomic E-state index is 12.9. The lowest BCUT2D eigenvalue weighted by molar-refractivity contribution is -0.156. The van der Waals surface area contributed by atoms with Crippen molar-refractivity contribution in [2.24, 2.45) is 23.7 Å². The van der Waals surface area contributed by atoms with Crippen LogP contribution in [0.3, 0.4) is 0 Å². The molecule has 1 saturated heterocycles. The van der Waals surface area contributed by atoms with E-state index in [9.17, 15) is 14.7 Å². The maximum Gasteiger partial charge on any atom is 0.341 e. The van der Waals surface area contributed by atoms with Gasteiger partial charge in [0.15, 0.2) is 6.61 Å². The molecule has 7 nitrogen and oxygen atoms in total. The molecule has 1 aliphatic heterocycles. The number of ether oxygens (including phenoxy) is 3.